The van der Waals surface area contributed by atoms with Gasteiger partial charge in [0.15, 0.2) is 0 Å². The fourth-order valence-electron chi connectivity index (χ4n) is 0. The maximum atomic E-state index is 4.73. The van der Waals surface area contributed by atoms with Crippen LogP contribution in [0.4, 0.5) is 0 Å². The molecule has 2 N–H and O–H groups in total. The molecule has 0 spiro atoms. The van der Waals surface area contributed by atoms with Gasteiger partial charge in [0.25, 0.3) is 0 Å². The van der Waals surface area contributed by atoms with E-state index < -0.39 is 0 Å². The molecule has 0 aliphatic heterocycles. The number of hydrogen-bond donors (Lipinski definition) is 1. The highest BCUT2D eigenvalue weighted by atomic mass is 35.5. The molecule has 0 saturated heterocycles. The Hall–Kier alpha value is -0.390. The number of nitrogens with two attached hydrogens (primary N) is 1. The highest BCUT2D eigenvalue weighted by molar-refractivity contribution is 5.85. The first-order valence-electron chi connectivity index (χ1n) is 0.976. The van der Waals surface area contributed by atoms with Gasteiger partial charge in [0.05, 0.1) is 0 Å². The van der Waals surface area contributed by atoms with Crippen LogP contribution in [0.3, 0.4) is 0 Å². The van der Waals surface area contributed by atoms with Crippen molar-refractivity contribution in [2.45, 2.75) is 0 Å². The molecule has 0 fully saturated rings. The van der Waals surface area contributed by atoms with E-state index in [9.17, 15) is 0 Å². The van der Waals surface area contributed by atoms with E-state index in [1.54, 1.807) is 0 Å². The Labute approximate surface area is 37.6 Å². The average molecular weight is 91.5 g/mol. The van der Waals surface area contributed by atoms with Crippen LogP contribution in [-0.4, -0.2) is 0 Å². The van der Waals surface area contributed by atoms with Crippen molar-refractivity contribution >= 4 is 12.4 Å². The molecule has 0 aliphatic rings. The Bertz CT molecular complexity index is 44.9. The summed E-state index contributed by atoms with van der Waals surface area (Å²) in [7, 11) is 0. The average Bonchev–Trinajstić information content (AvgIpc) is 1.37. The number of halogens is 1. The first kappa shape index (κ1) is 8.82. The normalized spacial score (nSPS) is 3.20. The van der Waals surface area contributed by atoms with Gasteiger partial charge in [-0.1, -0.05) is 6.58 Å². The van der Waals surface area contributed by atoms with E-state index >= 15 is 0 Å². The van der Waals surface area contributed by atoms with Gasteiger partial charge in [-0.2, -0.15) is 0 Å². The van der Waals surface area contributed by atoms with Gasteiger partial charge < -0.3 is 5.73 Å². The van der Waals surface area contributed by atoms with Crippen molar-refractivity contribution in [1.29, 1.82) is 0 Å². The minimum Gasteiger partial charge on any atom is -0.398 e. The molecule has 30 valence electrons. The second-order valence-electron chi connectivity index (χ2n) is 0.371. The van der Waals surface area contributed by atoms with Crippen LogP contribution in [0.15, 0.2) is 18.5 Å². The molecular formula is C3H6ClN. The third kappa shape index (κ3) is 25.1. The van der Waals surface area contributed by atoms with Crippen molar-refractivity contribution in [2.75, 3.05) is 0 Å². The summed E-state index contributed by atoms with van der Waals surface area (Å²) in [5.74, 6) is 0. The van der Waals surface area contributed by atoms with Crippen molar-refractivity contribution in [3.63, 3.8) is 0 Å². The second kappa shape index (κ2) is 9.49. The molecule has 1 nitrogen and oxygen atoms in total. The summed E-state index contributed by atoms with van der Waals surface area (Å²) < 4.78 is 0. The van der Waals surface area contributed by atoms with E-state index in [-0.39, 0.29) is 12.4 Å². The maximum Gasteiger partial charge on any atom is 0.0365 e. The van der Waals surface area contributed by atoms with Gasteiger partial charge >= 0.3 is 0 Å². The summed E-state index contributed by atoms with van der Waals surface area (Å²) in [5, 5.41) is 0. The van der Waals surface area contributed by atoms with Crippen LogP contribution in [0.5, 0.6) is 0 Å². The van der Waals surface area contributed by atoms with Gasteiger partial charge in [-0.15, -0.1) is 18.1 Å². The fourth-order valence-corrected chi connectivity index (χ4v) is 0. The molecule has 0 saturated carbocycles. The molecule has 0 amide bonds. The Morgan fingerprint density at radius 3 is 2.00 bits per heavy atom. The quantitative estimate of drug-likeness (QED) is 0.436. The zero-order valence-corrected chi connectivity index (χ0v) is 3.59. The van der Waals surface area contributed by atoms with E-state index in [0.717, 1.165) is 0 Å². The predicted octanol–water partition coefficient (Wildman–Crippen LogP) is 0.665. The minimum atomic E-state index is 0. The summed E-state index contributed by atoms with van der Waals surface area (Å²) >= 11 is 0. The predicted molar refractivity (Wildman–Crippen MR) is 25.1 cm³/mol. The molecule has 0 aliphatic carbocycles. The van der Waals surface area contributed by atoms with Crippen LogP contribution in [0.1, 0.15) is 0 Å². The molecule has 0 radical (unpaired) electrons. The Morgan fingerprint density at radius 1 is 1.80 bits per heavy atom. The smallest absolute Gasteiger partial charge is 0.0365 e. The van der Waals surface area contributed by atoms with Crippen molar-refractivity contribution < 1.29 is 0 Å². The molecule has 0 rings (SSSR count). The topological polar surface area (TPSA) is 26.0 Å². The SMILES string of the molecule is C=C=CN.Cl. The maximum absolute atomic E-state index is 4.73. The van der Waals surface area contributed by atoms with Crippen molar-refractivity contribution in [2.24, 2.45) is 5.73 Å². The standard InChI is InChI=1S/C3H5N.ClH/c1-2-3-4;/h3H,1,4H2;1H. The largest absolute Gasteiger partial charge is 0.398 e. The zero-order chi connectivity index (χ0) is 3.41. The van der Waals surface area contributed by atoms with Crippen molar-refractivity contribution in [3.05, 3.63) is 18.5 Å². The lowest BCUT2D eigenvalue weighted by Crippen LogP contribution is -1.68. The van der Waals surface area contributed by atoms with Crippen molar-refractivity contribution in [1.82, 2.24) is 0 Å². The van der Waals surface area contributed by atoms with Crippen molar-refractivity contribution in [3.8, 4) is 0 Å². The number of hydrogen-bond acceptors (Lipinski definition) is 1. The van der Waals surface area contributed by atoms with Crippen LogP contribution in [0, 0.1) is 0 Å². The number of rotatable bonds is 0. The summed E-state index contributed by atoms with van der Waals surface area (Å²) in [6.45, 7) is 3.17. The van der Waals surface area contributed by atoms with Gasteiger partial charge in [0.2, 0.25) is 0 Å². The highest BCUT2D eigenvalue weighted by Gasteiger charge is 1.21. The zero-order valence-electron chi connectivity index (χ0n) is 2.77. The fraction of sp³-hybridized carbons (Fsp3) is 0. The van der Waals surface area contributed by atoms with E-state index in [0.29, 0.717) is 0 Å². The molecule has 0 atom stereocenters. The summed E-state index contributed by atoms with van der Waals surface area (Å²) in [5.41, 5.74) is 7.06. The van der Waals surface area contributed by atoms with E-state index in [1.165, 1.54) is 6.20 Å². The first-order valence-corrected chi connectivity index (χ1v) is 0.976. The van der Waals surface area contributed by atoms with Gasteiger partial charge in [-0.3, -0.25) is 0 Å². The minimum absolute atomic E-state index is 0. The van der Waals surface area contributed by atoms with Gasteiger partial charge in [0.1, 0.15) is 0 Å². The van der Waals surface area contributed by atoms with Gasteiger partial charge in [0, 0.05) is 6.20 Å². The summed E-state index contributed by atoms with van der Waals surface area (Å²) in [4.78, 5) is 0. The Kier molecular flexibility index (Phi) is 16.7. The molecule has 0 heterocycles. The molecule has 2 heteroatoms. The lowest BCUT2D eigenvalue weighted by molar-refractivity contribution is 1.63. The Balaban J connectivity index is 0. The monoisotopic (exact) mass is 91.0 g/mol. The molecule has 5 heavy (non-hydrogen) atoms. The van der Waals surface area contributed by atoms with Crippen LogP contribution >= 0.6 is 12.4 Å². The Morgan fingerprint density at radius 2 is 2.00 bits per heavy atom. The summed E-state index contributed by atoms with van der Waals surface area (Å²) in [6.07, 6.45) is 1.26. The molecule has 0 aromatic rings. The van der Waals surface area contributed by atoms with Gasteiger partial charge in [-0.05, 0) is 0 Å². The van der Waals surface area contributed by atoms with Crippen LogP contribution in [0.2, 0.25) is 0 Å². The third-order valence-electron chi connectivity index (χ3n) is 0.118. The second-order valence-corrected chi connectivity index (χ2v) is 0.371. The van der Waals surface area contributed by atoms with E-state index in [2.05, 4.69) is 12.3 Å². The molecule has 0 aromatic carbocycles. The molecule has 0 bridgehead atoms. The molecule has 0 unspecified atom stereocenters. The van der Waals surface area contributed by atoms with E-state index in [1.807, 2.05) is 0 Å². The highest BCUT2D eigenvalue weighted by Crippen LogP contribution is 1.30. The third-order valence-corrected chi connectivity index (χ3v) is 0.118. The van der Waals surface area contributed by atoms with Crippen LogP contribution in [-0.2, 0) is 0 Å². The molecular weight excluding hydrogens is 85.5 g/mol. The van der Waals surface area contributed by atoms with Crippen LogP contribution < -0.4 is 5.73 Å². The lowest BCUT2D eigenvalue weighted by Gasteiger charge is -1.44. The summed E-state index contributed by atoms with van der Waals surface area (Å²) in [6, 6.07) is 0. The van der Waals surface area contributed by atoms with E-state index in [4.69, 9.17) is 5.73 Å². The van der Waals surface area contributed by atoms with Crippen LogP contribution in [0.25, 0.3) is 0 Å². The molecule has 0 aromatic heterocycles. The van der Waals surface area contributed by atoms with Gasteiger partial charge in [-0.25, -0.2) is 0 Å². The lowest BCUT2D eigenvalue weighted by atomic mass is 10.9. The first-order chi connectivity index (χ1) is 1.91.